The summed E-state index contributed by atoms with van der Waals surface area (Å²) < 4.78 is 11.1. The number of ether oxygens (including phenoxy) is 2. The van der Waals surface area contributed by atoms with Crippen LogP contribution in [0.3, 0.4) is 0 Å². The van der Waals surface area contributed by atoms with Crippen LogP contribution in [0.25, 0.3) is 0 Å². The Morgan fingerprint density at radius 2 is 2.27 bits per heavy atom. The Morgan fingerprint density at radius 1 is 1.41 bits per heavy atom. The molecule has 1 fully saturated rings. The molecule has 2 aliphatic rings. The number of hydrogen-bond donors (Lipinski definition) is 1. The van der Waals surface area contributed by atoms with Crippen molar-refractivity contribution in [3.8, 4) is 5.75 Å². The van der Waals surface area contributed by atoms with E-state index < -0.39 is 0 Å². The summed E-state index contributed by atoms with van der Waals surface area (Å²) in [5.74, 6) is 1.77. The zero-order chi connectivity index (χ0) is 15.5. The van der Waals surface area contributed by atoms with Crippen molar-refractivity contribution in [3.63, 3.8) is 0 Å². The quantitative estimate of drug-likeness (QED) is 0.853. The molecule has 3 nitrogen and oxygen atoms in total. The molecule has 122 valence electrons. The van der Waals surface area contributed by atoms with E-state index in [1.165, 1.54) is 30.4 Å². The number of rotatable bonds is 6. The lowest BCUT2D eigenvalue weighted by molar-refractivity contribution is 0.169. The van der Waals surface area contributed by atoms with Gasteiger partial charge in [-0.1, -0.05) is 18.0 Å². The summed E-state index contributed by atoms with van der Waals surface area (Å²) in [4.78, 5) is 0. The Hall–Kier alpha value is -0.770. The fourth-order valence-corrected chi connectivity index (χ4v) is 4.15. The van der Waals surface area contributed by atoms with Crippen LogP contribution in [0.1, 0.15) is 49.8 Å². The highest BCUT2D eigenvalue weighted by atomic mass is 35.5. The molecule has 0 radical (unpaired) electrons. The van der Waals surface area contributed by atoms with Crippen LogP contribution < -0.4 is 10.1 Å². The third-order valence-electron chi connectivity index (χ3n) is 5.06. The minimum absolute atomic E-state index is 0.263. The smallest absolute Gasteiger partial charge is 0.127 e. The third kappa shape index (κ3) is 3.42. The first-order valence-corrected chi connectivity index (χ1v) is 8.77. The highest BCUT2D eigenvalue weighted by Crippen LogP contribution is 2.38. The van der Waals surface area contributed by atoms with Gasteiger partial charge in [0.25, 0.3) is 0 Å². The number of fused-ring (bicyclic) bond motifs is 1. The minimum atomic E-state index is 0.263. The maximum atomic E-state index is 6.29. The summed E-state index contributed by atoms with van der Waals surface area (Å²) >= 11 is 6.29. The summed E-state index contributed by atoms with van der Waals surface area (Å²) in [5.41, 5.74) is 2.45. The normalized spacial score (nSPS) is 25.0. The van der Waals surface area contributed by atoms with Crippen molar-refractivity contribution in [1.29, 1.82) is 0 Å². The van der Waals surface area contributed by atoms with Crippen LogP contribution in [0.5, 0.6) is 5.75 Å². The third-order valence-corrected chi connectivity index (χ3v) is 5.28. The molecule has 4 heteroatoms. The molecule has 1 aliphatic heterocycles. The van der Waals surface area contributed by atoms with Crippen LogP contribution in [0, 0.1) is 5.92 Å². The second-order valence-corrected chi connectivity index (χ2v) is 6.99. The van der Waals surface area contributed by atoms with E-state index in [4.69, 9.17) is 21.1 Å². The second kappa shape index (κ2) is 7.20. The molecule has 1 saturated carbocycles. The molecule has 0 saturated heterocycles. The van der Waals surface area contributed by atoms with E-state index in [0.717, 1.165) is 42.7 Å². The summed E-state index contributed by atoms with van der Waals surface area (Å²) in [6, 6.07) is 4.93. The zero-order valence-electron chi connectivity index (χ0n) is 13.5. The van der Waals surface area contributed by atoms with Crippen LogP contribution >= 0.6 is 11.6 Å². The molecule has 22 heavy (non-hydrogen) atoms. The van der Waals surface area contributed by atoms with Crippen molar-refractivity contribution >= 4 is 11.6 Å². The summed E-state index contributed by atoms with van der Waals surface area (Å²) in [7, 11) is 1.78. The molecular weight excluding hydrogens is 298 g/mol. The van der Waals surface area contributed by atoms with Gasteiger partial charge in [-0.2, -0.15) is 0 Å². The Labute approximate surface area is 138 Å². The van der Waals surface area contributed by atoms with Gasteiger partial charge in [-0.15, -0.1) is 0 Å². The predicted octanol–water partition coefficient (Wildman–Crippen LogP) is 4.13. The first-order valence-electron chi connectivity index (χ1n) is 8.39. The molecule has 3 rings (SSSR count). The largest absolute Gasteiger partial charge is 0.493 e. The summed E-state index contributed by atoms with van der Waals surface area (Å²) in [6.45, 7) is 3.85. The van der Waals surface area contributed by atoms with Crippen LogP contribution in [-0.4, -0.2) is 26.4 Å². The molecule has 1 aliphatic carbocycles. The van der Waals surface area contributed by atoms with Gasteiger partial charge in [0.2, 0.25) is 0 Å². The zero-order valence-corrected chi connectivity index (χ0v) is 14.3. The molecule has 1 aromatic carbocycles. The van der Waals surface area contributed by atoms with E-state index in [1.54, 1.807) is 7.11 Å². The lowest BCUT2D eigenvalue weighted by atomic mass is 9.97. The fraction of sp³-hybridized carbons (Fsp3) is 0.667. The topological polar surface area (TPSA) is 30.5 Å². The SMILES string of the molecule is COCCC1CCCC1NC(C)c1cc(Cl)cc2c1OCC2. The van der Waals surface area contributed by atoms with Gasteiger partial charge in [0, 0.05) is 42.8 Å². The highest BCUT2D eigenvalue weighted by Gasteiger charge is 2.29. The molecule has 1 N–H and O–H groups in total. The van der Waals surface area contributed by atoms with E-state index in [-0.39, 0.29) is 6.04 Å². The van der Waals surface area contributed by atoms with E-state index >= 15 is 0 Å². The number of halogens is 1. The molecule has 3 atom stereocenters. The molecule has 0 amide bonds. The van der Waals surface area contributed by atoms with E-state index in [1.807, 2.05) is 6.07 Å². The van der Waals surface area contributed by atoms with Crippen molar-refractivity contribution < 1.29 is 9.47 Å². The molecule has 0 bridgehead atoms. The van der Waals surface area contributed by atoms with E-state index in [9.17, 15) is 0 Å². The maximum Gasteiger partial charge on any atom is 0.127 e. The van der Waals surface area contributed by atoms with Crippen molar-refractivity contribution in [2.24, 2.45) is 5.92 Å². The lowest BCUT2D eigenvalue weighted by Crippen LogP contribution is -2.35. The Balaban J connectivity index is 1.71. The molecular formula is C18H26ClNO2. The Morgan fingerprint density at radius 3 is 3.09 bits per heavy atom. The van der Waals surface area contributed by atoms with Crippen LogP contribution in [0.4, 0.5) is 0 Å². The van der Waals surface area contributed by atoms with E-state index in [2.05, 4.69) is 18.3 Å². The maximum absolute atomic E-state index is 6.29. The molecule has 0 spiro atoms. The standard InChI is InChI=1S/C18H26ClNO2/c1-12(20-17-5-3-4-13(17)6-8-21-2)16-11-15(19)10-14-7-9-22-18(14)16/h10-13,17,20H,3-9H2,1-2H3. The summed E-state index contributed by atoms with van der Waals surface area (Å²) in [5, 5.41) is 4.63. The van der Waals surface area contributed by atoms with Gasteiger partial charge in [-0.25, -0.2) is 0 Å². The first kappa shape index (κ1) is 16.1. The Kier molecular flexibility index (Phi) is 5.27. The van der Waals surface area contributed by atoms with Gasteiger partial charge in [-0.05, 0) is 49.8 Å². The number of methoxy groups -OCH3 is 1. The van der Waals surface area contributed by atoms with Gasteiger partial charge < -0.3 is 14.8 Å². The number of benzene rings is 1. The Bertz CT molecular complexity index is 520. The van der Waals surface area contributed by atoms with Crippen molar-refractivity contribution in [2.45, 2.75) is 51.1 Å². The van der Waals surface area contributed by atoms with Crippen LogP contribution in [0.2, 0.25) is 5.02 Å². The van der Waals surface area contributed by atoms with Crippen molar-refractivity contribution in [1.82, 2.24) is 5.32 Å². The highest BCUT2D eigenvalue weighted by molar-refractivity contribution is 6.30. The number of nitrogens with one attached hydrogen (secondary N) is 1. The second-order valence-electron chi connectivity index (χ2n) is 6.55. The summed E-state index contributed by atoms with van der Waals surface area (Å²) in [6.07, 6.45) is 5.98. The minimum Gasteiger partial charge on any atom is -0.493 e. The average molecular weight is 324 g/mol. The molecule has 0 aromatic heterocycles. The van der Waals surface area contributed by atoms with Gasteiger partial charge in [0.15, 0.2) is 0 Å². The van der Waals surface area contributed by atoms with Crippen molar-refractivity contribution in [3.05, 3.63) is 28.3 Å². The fourth-order valence-electron chi connectivity index (χ4n) is 3.90. The monoisotopic (exact) mass is 323 g/mol. The van der Waals surface area contributed by atoms with E-state index in [0.29, 0.717) is 6.04 Å². The van der Waals surface area contributed by atoms with Gasteiger partial charge in [0.05, 0.1) is 6.61 Å². The van der Waals surface area contributed by atoms with Gasteiger partial charge in [-0.3, -0.25) is 0 Å². The van der Waals surface area contributed by atoms with Crippen LogP contribution in [-0.2, 0) is 11.2 Å². The van der Waals surface area contributed by atoms with Crippen LogP contribution in [0.15, 0.2) is 12.1 Å². The molecule has 1 heterocycles. The molecule has 3 unspecified atom stereocenters. The predicted molar refractivity (Wildman–Crippen MR) is 89.8 cm³/mol. The number of hydrogen-bond acceptors (Lipinski definition) is 3. The molecule has 1 aromatic rings. The first-order chi connectivity index (χ1) is 10.7. The van der Waals surface area contributed by atoms with Crippen molar-refractivity contribution in [2.75, 3.05) is 20.3 Å². The average Bonchev–Trinajstić information content (AvgIpc) is 3.13. The van der Waals surface area contributed by atoms with Gasteiger partial charge >= 0.3 is 0 Å². The lowest BCUT2D eigenvalue weighted by Gasteiger charge is -2.26. The van der Waals surface area contributed by atoms with Gasteiger partial charge in [0.1, 0.15) is 5.75 Å².